The molecule has 3 rings (SSSR count). The minimum absolute atomic E-state index is 0.0117. The molecule has 33 heavy (non-hydrogen) atoms. The summed E-state index contributed by atoms with van der Waals surface area (Å²) in [6, 6.07) is 13.6. The lowest BCUT2D eigenvalue weighted by Crippen LogP contribution is -2.32. The molecule has 1 saturated heterocycles. The molecule has 6 heteroatoms. The first kappa shape index (κ1) is 25.4. The van der Waals surface area contributed by atoms with Crippen LogP contribution in [0.1, 0.15) is 74.5 Å². The molecule has 0 radical (unpaired) electrons. The molecule has 1 aliphatic heterocycles. The van der Waals surface area contributed by atoms with E-state index in [2.05, 4.69) is 20.2 Å². The number of likely N-dealkylation sites (tertiary alicyclic amines) is 1. The van der Waals surface area contributed by atoms with Crippen molar-refractivity contribution in [1.29, 1.82) is 0 Å². The molecule has 2 N–H and O–H groups in total. The lowest BCUT2D eigenvalue weighted by atomic mass is 9.78. The van der Waals surface area contributed by atoms with Crippen LogP contribution in [0, 0.1) is 5.92 Å². The Labute approximate surface area is 205 Å². The second-order valence-electron chi connectivity index (χ2n) is 11.0. The molecule has 1 aliphatic rings. The molecule has 1 heterocycles. The molecule has 1 fully saturated rings. The van der Waals surface area contributed by atoms with Gasteiger partial charge < -0.3 is 15.1 Å². The number of carbonyl (C=O) groups excluding carboxylic acids is 1. The number of phenolic OH excluding ortho intramolecular Hbond substituents is 1. The lowest BCUT2D eigenvalue weighted by molar-refractivity contribution is 0.0960. The number of aliphatic hydroxyl groups is 1. The number of aromatic hydroxyl groups is 1. The number of hydrogen-bond donors (Lipinski definition) is 2. The van der Waals surface area contributed by atoms with Crippen LogP contribution >= 0.6 is 16.1 Å². The third kappa shape index (κ3) is 5.33. The van der Waals surface area contributed by atoms with E-state index in [9.17, 15) is 15.0 Å². The number of ketones is 1. The number of phenols is 1. The van der Waals surface area contributed by atoms with Gasteiger partial charge in [0.05, 0.1) is 22.7 Å². The van der Waals surface area contributed by atoms with Crippen molar-refractivity contribution in [3.8, 4) is 5.75 Å². The fourth-order valence-corrected chi connectivity index (χ4v) is 5.03. The SMILES string of the molecule is CC(C)(C)c1cc(C(=O)CN2C[C@H](CO)[C@@H](c3ccccc3)/C2=N/Br)cc(C(C)(C)C)c1O. The van der Waals surface area contributed by atoms with Crippen LogP contribution in [0.25, 0.3) is 0 Å². The molecule has 0 saturated carbocycles. The van der Waals surface area contributed by atoms with Crippen LogP contribution in [-0.2, 0) is 10.8 Å². The van der Waals surface area contributed by atoms with Gasteiger partial charge in [-0.15, -0.1) is 0 Å². The monoisotopic (exact) mass is 514 g/mol. The zero-order chi connectivity index (χ0) is 24.6. The van der Waals surface area contributed by atoms with Crippen molar-refractivity contribution in [3.05, 3.63) is 64.7 Å². The molecular formula is C27H35BrN2O3. The molecule has 178 valence electrons. The zero-order valence-electron chi connectivity index (χ0n) is 20.4. The maximum Gasteiger partial charge on any atom is 0.182 e. The predicted molar refractivity (Wildman–Crippen MR) is 138 cm³/mol. The van der Waals surface area contributed by atoms with Gasteiger partial charge in [0.2, 0.25) is 0 Å². The third-order valence-electron chi connectivity index (χ3n) is 6.39. The first-order valence-electron chi connectivity index (χ1n) is 11.4. The van der Waals surface area contributed by atoms with Crippen molar-refractivity contribution in [2.45, 2.75) is 58.3 Å². The van der Waals surface area contributed by atoms with Gasteiger partial charge in [-0.3, -0.25) is 4.79 Å². The Bertz CT molecular complexity index is 1000. The van der Waals surface area contributed by atoms with Crippen molar-refractivity contribution in [1.82, 2.24) is 4.90 Å². The summed E-state index contributed by atoms with van der Waals surface area (Å²) in [5.74, 6) is 0.842. The van der Waals surface area contributed by atoms with Gasteiger partial charge in [0.15, 0.2) is 5.78 Å². The number of Topliss-reactive ketones (excluding diaryl/α,β-unsaturated/α-hetero) is 1. The topological polar surface area (TPSA) is 73.1 Å². The first-order chi connectivity index (χ1) is 15.4. The van der Waals surface area contributed by atoms with E-state index in [1.807, 2.05) is 88.9 Å². The smallest absolute Gasteiger partial charge is 0.182 e. The van der Waals surface area contributed by atoms with Crippen LogP contribution in [0.2, 0.25) is 0 Å². The third-order valence-corrected chi connectivity index (χ3v) is 6.75. The van der Waals surface area contributed by atoms with Crippen molar-refractivity contribution in [3.63, 3.8) is 0 Å². The van der Waals surface area contributed by atoms with Gasteiger partial charge in [0.25, 0.3) is 0 Å². The molecule has 0 unspecified atom stereocenters. The highest BCUT2D eigenvalue weighted by atomic mass is 79.9. The maximum absolute atomic E-state index is 13.5. The number of amidine groups is 1. The summed E-state index contributed by atoms with van der Waals surface area (Å²) < 4.78 is 4.35. The predicted octanol–water partition coefficient (Wildman–Crippen LogP) is 5.59. The average molecular weight is 515 g/mol. The molecular weight excluding hydrogens is 480 g/mol. The first-order valence-corrected chi connectivity index (χ1v) is 12.1. The largest absolute Gasteiger partial charge is 0.507 e. The molecule has 0 aliphatic carbocycles. The molecule has 5 nitrogen and oxygen atoms in total. The number of halogens is 1. The summed E-state index contributed by atoms with van der Waals surface area (Å²) in [6.45, 7) is 12.9. The molecule has 0 amide bonds. The standard InChI is InChI=1S/C27H35BrN2O3/c1-26(2,3)20-12-18(13-21(24(20)33)27(4,5)6)22(32)15-30-14-19(16-31)23(25(30)29-28)17-10-8-7-9-11-17/h7-13,19,23,31,33H,14-16H2,1-6H3/b29-25-/t19-,23-/m1/s1. The number of rotatable bonds is 5. The van der Waals surface area contributed by atoms with Gasteiger partial charge in [-0.2, -0.15) is 4.02 Å². The van der Waals surface area contributed by atoms with E-state index in [4.69, 9.17) is 0 Å². The summed E-state index contributed by atoms with van der Waals surface area (Å²) in [4.78, 5) is 15.5. The Morgan fingerprint density at radius 2 is 1.61 bits per heavy atom. The molecule has 0 spiro atoms. The minimum Gasteiger partial charge on any atom is -0.507 e. The van der Waals surface area contributed by atoms with E-state index in [-0.39, 0.29) is 47.4 Å². The molecule has 2 atom stereocenters. The van der Waals surface area contributed by atoms with Gasteiger partial charge in [-0.25, -0.2) is 0 Å². The summed E-state index contributed by atoms with van der Waals surface area (Å²) in [5.41, 5.74) is 2.57. The van der Waals surface area contributed by atoms with E-state index in [0.29, 0.717) is 12.1 Å². The van der Waals surface area contributed by atoms with E-state index in [1.54, 1.807) is 0 Å². The Balaban J connectivity index is 1.97. The number of hydrogen-bond acceptors (Lipinski definition) is 4. The number of carbonyl (C=O) groups is 1. The molecule has 0 bridgehead atoms. The van der Waals surface area contributed by atoms with E-state index < -0.39 is 0 Å². The highest BCUT2D eigenvalue weighted by Crippen LogP contribution is 2.40. The Kier molecular flexibility index (Phi) is 7.39. The average Bonchev–Trinajstić information content (AvgIpc) is 3.09. The van der Waals surface area contributed by atoms with E-state index in [0.717, 1.165) is 22.5 Å². The highest BCUT2D eigenvalue weighted by molar-refractivity contribution is 9.08. The zero-order valence-corrected chi connectivity index (χ0v) is 22.0. The van der Waals surface area contributed by atoms with Crippen molar-refractivity contribution in [2.75, 3.05) is 19.7 Å². The number of nitrogens with zero attached hydrogens (tertiary/aromatic N) is 2. The number of benzene rings is 2. The quantitative estimate of drug-likeness (QED) is 0.510. The second-order valence-corrected chi connectivity index (χ2v) is 11.4. The van der Waals surface area contributed by atoms with Gasteiger partial charge in [-0.1, -0.05) is 71.9 Å². The molecule has 2 aromatic rings. The van der Waals surface area contributed by atoms with Gasteiger partial charge in [0.1, 0.15) is 11.6 Å². The van der Waals surface area contributed by atoms with Crippen molar-refractivity contribution < 1.29 is 15.0 Å². The second kappa shape index (κ2) is 9.59. The fourth-order valence-electron chi connectivity index (χ4n) is 4.59. The van der Waals surface area contributed by atoms with E-state index >= 15 is 0 Å². The van der Waals surface area contributed by atoms with Crippen LogP contribution in [0.3, 0.4) is 0 Å². The highest BCUT2D eigenvalue weighted by Gasteiger charge is 2.40. The van der Waals surface area contributed by atoms with Crippen LogP contribution in [-0.4, -0.2) is 46.4 Å². The van der Waals surface area contributed by atoms with Crippen LogP contribution < -0.4 is 0 Å². The summed E-state index contributed by atoms with van der Waals surface area (Å²) >= 11 is 3.26. The van der Waals surface area contributed by atoms with Gasteiger partial charge >= 0.3 is 0 Å². The normalized spacial score (nSPS) is 20.5. The Morgan fingerprint density at radius 3 is 2.06 bits per heavy atom. The van der Waals surface area contributed by atoms with Gasteiger partial charge in [-0.05, 0) is 28.5 Å². The van der Waals surface area contributed by atoms with Crippen LogP contribution in [0.15, 0.2) is 46.5 Å². The van der Waals surface area contributed by atoms with Crippen LogP contribution in [0.4, 0.5) is 0 Å². The van der Waals surface area contributed by atoms with Crippen LogP contribution in [0.5, 0.6) is 5.75 Å². The lowest BCUT2D eigenvalue weighted by Gasteiger charge is -2.28. The van der Waals surface area contributed by atoms with Crippen molar-refractivity contribution >= 4 is 27.8 Å². The Morgan fingerprint density at radius 1 is 1.06 bits per heavy atom. The summed E-state index contributed by atoms with van der Waals surface area (Å²) in [7, 11) is 0. The Hall–Kier alpha value is -2.18. The summed E-state index contributed by atoms with van der Waals surface area (Å²) in [5, 5.41) is 21.0. The van der Waals surface area contributed by atoms with Gasteiger partial charge in [0, 0.05) is 41.7 Å². The summed E-state index contributed by atoms with van der Waals surface area (Å²) in [6.07, 6.45) is 0. The molecule has 0 aromatic heterocycles. The van der Waals surface area contributed by atoms with E-state index in [1.165, 1.54) is 0 Å². The molecule has 2 aromatic carbocycles. The fraction of sp³-hybridized carbons (Fsp3) is 0.481. The van der Waals surface area contributed by atoms with Crippen molar-refractivity contribution in [2.24, 2.45) is 9.94 Å². The minimum atomic E-state index is -0.309. The number of aliphatic hydroxyl groups excluding tert-OH is 1. The maximum atomic E-state index is 13.5.